The maximum Gasteiger partial charge on any atom is 0.00389 e. The lowest BCUT2D eigenvalue weighted by atomic mass is 9.85. The zero-order valence-electron chi connectivity index (χ0n) is 12.5. The maximum atomic E-state index is 3.70. The summed E-state index contributed by atoms with van der Waals surface area (Å²) < 4.78 is 0. The second kappa shape index (κ2) is 8.11. The third kappa shape index (κ3) is 7.27. The first-order valence-electron chi connectivity index (χ1n) is 7.08. The van der Waals surface area contributed by atoms with E-state index < -0.39 is 0 Å². The summed E-state index contributed by atoms with van der Waals surface area (Å²) in [5, 5.41) is 3.70. The Morgan fingerprint density at radius 3 is 1.62 bits per heavy atom. The minimum absolute atomic E-state index is 0.669. The third-order valence-corrected chi connectivity index (χ3v) is 3.59. The Hall–Kier alpha value is -0.0400. The lowest BCUT2D eigenvalue weighted by Gasteiger charge is -2.27. The number of hydrogen-bond acceptors (Lipinski definition) is 1. The van der Waals surface area contributed by atoms with Crippen LogP contribution in [0.25, 0.3) is 0 Å². The second-order valence-corrected chi connectivity index (χ2v) is 6.43. The fourth-order valence-electron chi connectivity index (χ4n) is 2.26. The lowest BCUT2D eigenvalue weighted by Crippen LogP contribution is -2.35. The van der Waals surface area contributed by atoms with Gasteiger partial charge < -0.3 is 5.32 Å². The molecule has 0 aromatic heterocycles. The van der Waals surface area contributed by atoms with Gasteiger partial charge in [0.1, 0.15) is 0 Å². The molecule has 1 unspecified atom stereocenters. The second-order valence-electron chi connectivity index (χ2n) is 6.43. The first kappa shape index (κ1) is 16.0. The van der Waals surface area contributed by atoms with Crippen molar-refractivity contribution in [3.05, 3.63) is 0 Å². The highest BCUT2D eigenvalue weighted by Gasteiger charge is 2.17. The van der Waals surface area contributed by atoms with E-state index in [1.165, 1.54) is 19.4 Å². The van der Waals surface area contributed by atoms with Gasteiger partial charge in [0.2, 0.25) is 0 Å². The van der Waals surface area contributed by atoms with Crippen molar-refractivity contribution in [3.8, 4) is 0 Å². The Morgan fingerprint density at radius 2 is 1.25 bits per heavy atom. The fourth-order valence-corrected chi connectivity index (χ4v) is 2.26. The molecule has 0 fully saturated rings. The minimum Gasteiger partial charge on any atom is -0.314 e. The van der Waals surface area contributed by atoms with Gasteiger partial charge >= 0.3 is 0 Å². The van der Waals surface area contributed by atoms with E-state index in [0.29, 0.717) is 6.04 Å². The molecule has 0 radical (unpaired) electrons. The molecule has 1 nitrogen and oxygen atoms in total. The number of hydrogen-bond donors (Lipinski definition) is 1. The summed E-state index contributed by atoms with van der Waals surface area (Å²) in [6.45, 7) is 17.5. The maximum absolute atomic E-state index is 3.70. The topological polar surface area (TPSA) is 12.0 Å². The van der Waals surface area contributed by atoms with Crippen LogP contribution in [-0.4, -0.2) is 12.6 Å². The average Bonchev–Trinajstić information content (AvgIpc) is 2.13. The van der Waals surface area contributed by atoms with Crippen molar-refractivity contribution >= 4 is 0 Å². The molecule has 0 rings (SSSR count). The molecule has 0 spiro atoms. The van der Waals surface area contributed by atoms with Crippen LogP contribution in [0.1, 0.15) is 61.3 Å². The van der Waals surface area contributed by atoms with Gasteiger partial charge in [-0.2, -0.15) is 0 Å². The van der Waals surface area contributed by atoms with Gasteiger partial charge in [-0.3, -0.25) is 0 Å². The van der Waals surface area contributed by atoms with E-state index in [2.05, 4.69) is 53.8 Å². The highest BCUT2D eigenvalue weighted by molar-refractivity contribution is 4.72. The molecule has 1 heteroatoms. The Balaban J connectivity index is 3.83. The molecule has 0 aromatic carbocycles. The van der Waals surface area contributed by atoms with E-state index in [1.54, 1.807) is 0 Å². The monoisotopic (exact) mass is 227 g/mol. The van der Waals surface area contributed by atoms with Crippen LogP contribution in [0.2, 0.25) is 0 Å². The molecule has 1 N–H and O–H groups in total. The third-order valence-electron chi connectivity index (χ3n) is 3.59. The standard InChI is InChI=1S/C15H33N/c1-11(2)8-9-14(7)16-10-15(12(3)4)13(5)6/h11-16H,8-10H2,1-7H3. The van der Waals surface area contributed by atoms with Crippen molar-refractivity contribution in [1.82, 2.24) is 5.32 Å². The van der Waals surface area contributed by atoms with Crippen LogP contribution in [0.3, 0.4) is 0 Å². The first-order valence-corrected chi connectivity index (χ1v) is 7.08. The molecule has 1 atom stereocenters. The van der Waals surface area contributed by atoms with Gasteiger partial charge in [0.25, 0.3) is 0 Å². The molecule has 0 heterocycles. The summed E-state index contributed by atoms with van der Waals surface area (Å²) in [5.74, 6) is 3.20. The predicted octanol–water partition coefficient (Wildman–Crippen LogP) is 4.33. The highest BCUT2D eigenvalue weighted by atomic mass is 14.9. The average molecular weight is 227 g/mol. The molecule has 0 saturated heterocycles. The molecule has 0 amide bonds. The number of nitrogens with one attached hydrogen (secondary N) is 1. The quantitative estimate of drug-likeness (QED) is 0.651. The Kier molecular flexibility index (Phi) is 8.09. The van der Waals surface area contributed by atoms with Crippen molar-refractivity contribution in [2.45, 2.75) is 67.3 Å². The van der Waals surface area contributed by atoms with Gasteiger partial charge in [-0.1, -0.05) is 41.5 Å². The van der Waals surface area contributed by atoms with Gasteiger partial charge in [-0.05, 0) is 50.0 Å². The largest absolute Gasteiger partial charge is 0.314 e. The Bertz CT molecular complexity index is 153. The lowest BCUT2D eigenvalue weighted by molar-refractivity contribution is 0.263. The van der Waals surface area contributed by atoms with Crippen molar-refractivity contribution in [1.29, 1.82) is 0 Å². The predicted molar refractivity (Wildman–Crippen MR) is 74.7 cm³/mol. The molecule has 0 aliphatic carbocycles. The van der Waals surface area contributed by atoms with Gasteiger partial charge in [0, 0.05) is 6.04 Å². The minimum atomic E-state index is 0.669. The van der Waals surface area contributed by atoms with Crippen LogP contribution in [0, 0.1) is 23.7 Å². The smallest absolute Gasteiger partial charge is 0.00389 e. The molecule has 0 bridgehead atoms. The summed E-state index contributed by atoms with van der Waals surface area (Å²) in [6.07, 6.45) is 2.64. The molecule has 16 heavy (non-hydrogen) atoms. The molecule has 0 aliphatic rings. The van der Waals surface area contributed by atoms with Crippen LogP contribution < -0.4 is 5.32 Å². The van der Waals surface area contributed by atoms with Crippen LogP contribution in [-0.2, 0) is 0 Å². The summed E-state index contributed by atoms with van der Waals surface area (Å²) in [7, 11) is 0. The van der Waals surface area contributed by atoms with Crippen LogP contribution >= 0.6 is 0 Å². The van der Waals surface area contributed by atoms with Gasteiger partial charge in [0.05, 0.1) is 0 Å². The molecule has 0 aromatic rings. The van der Waals surface area contributed by atoms with E-state index in [-0.39, 0.29) is 0 Å². The Morgan fingerprint density at radius 1 is 0.750 bits per heavy atom. The molecular weight excluding hydrogens is 194 g/mol. The van der Waals surface area contributed by atoms with E-state index >= 15 is 0 Å². The van der Waals surface area contributed by atoms with Gasteiger partial charge in [-0.15, -0.1) is 0 Å². The number of rotatable bonds is 8. The van der Waals surface area contributed by atoms with Crippen molar-refractivity contribution in [2.75, 3.05) is 6.54 Å². The van der Waals surface area contributed by atoms with E-state index in [4.69, 9.17) is 0 Å². The molecule has 0 saturated carbocycles. The van der Waals surface area contributed by atoms with Crippen molar-refractivity contribution in [3.63, 3.8) is 0 Å². The molecule has 98 valence electrons. The van der Waals surface area contributed by atoms with Crippen LogP contribution in [0.5, 0.6) is 0 Å². The fraction of sp³-hybridized carbons (Fsp3) is 1.00. The highest BCUT2D eigenvalue weighted by Crippen LogP contribution is 2.19. The van der Waals surface area contributed by atoms with E-state index in [9.17, 15) is 0 Å². The summed E-state index contributed by atoms with van der Waals surface area (Å²) in [6, 6.07) is 0.669. The van der Waals surface area contributed by atoms with Crippen LogP contribution in [0.15, 0.2) is 0 Å². The van der Waals surface area contributed by atoms with Crippen LogP contribution in [0.4, 0.5) is 0 Å². The van der Waals surface area contributed by atoms with Gasteiger partial charge in [-0.25, -0.2) is 0 Å². The summed E-state index contributed by atoms with van der Waals surface area (Å²) in [5.41, 5.74) is 0. The zero-order valence-corrected chi connectivity index (χ0v) is 12.5. The normalized spacial score (nSPS) is 14.4. The Labute approximate surface area is 103 Å². The van der Waals surface area contributed by atoms with E-state index in [0.717, 1.165) is 23.7 Å². The SMILES string of the molecule is CC(C)CCC(C)NCC(C(C)C)C(C)C. The summed E-state index contributed by atoms with van der Waals surface area (Å²) in [4.78, 5) is 0. The molecular formula is C15H33N. The van der Waals surface area contributed by atoms with Crippen molar-refractivity contribution < 1.29 is 0 Å². The van der Waals surface area contributed by atoms with Crippen molar-refractivity contribution in [2.24, 2.45) is 23.7 Å². The summed E-state index contributed by atoms with van der Waals surface area (Å²) >= 11 is 0. The van der Waals surface area contributed by atoms with Gasteiger partial charge in [0.15, 0.2) is 0 Å². The van der Waals surface area contributed by atoms with E-state index in [1.807, 2.05) is 0 Å². The molecule has 0 aliphatic heterocycles. The first-order chi connectivity index (χ1) is 7.34. The zero-order chi connectivity index (χ0) is 12.7.